The van der Waals surface area contributed by atoms with Crippen LogP contribution in [0.25, 0.3) is 11.1 Å². The molecule has 1 amide bonds. The monoisotopic (exact) mass is 449 g/mol. The van der Waals surface area contributed by atoms with E-state index in [0.29, 0.717) is 44.3 Å². The lowest BCUT2D eigenvalue weighted by Gasteiger charge is -2.25. The summed E-state index contributed by atoms with van der Waals surface area (Å²) in [5.74, 6) is 1.62. The number of carbonyl (C=O) groups is 1. The van der Waals surface area contributed by atoms with Crippen LogP contribution >= 0.6 is 0 Å². The van der Waals surface area contributed by atoms with Gasteiger partial charge in [0.05, 0.1) is 38.1 Å². The van der Waals surface area contributed by atoms with Crippen molar-refractivity contribution in [3.05, 3.63) is 67.0 Å². The summed E-state index contributed by atoms with van der Waals surface area (Å²) >= 11 is 0. The average Bonchev–Trinajstić information content (AvgIpc) is 3.39. The maximum absolute atomic E-state index is 13.1. The molecule has 0 fully saturated rings. The molecule has 0 unspecified atom stereocenters. The van der Waals surface area contributed by atoms with Gasteiger partial charge in [0, 0.05) is 11.8 Å². The molecule has 1 atom stereocenters. The third-order valence-corrected chi connectivity index (χ3v) is 5.34. The zero-order valence-electron chi connectivity index (χ0n) is 18.5. The molecular formula is C25H27N3O5. The first-order valence-electron chi connectivity index (χ1n) is 10.7. The molecule has 0 spiro atoms. The zero-order chi connectivity index (χ0) is 23.0. The van der Waals surface area contributed by atoms with Crippen LogP contribution in [0.4, 0.5) is 5.69 Å². The number of hydrogen-bond donors (Lipinski definition) is 2. The Hall–Kier alpha value is -3.78. The maximum atomic E-state index is 13.1. The van der Waals surface area contributed by atoms with Crippen molar-refractivity contribution >= 4 is 11.6 Å². The molecule has 0 saturated heterocycles. The number of nitrogens with one attached hydrogen (secondary N) is 2. The van der Waals surface area contributed by atoms with E-state index in [2.05, 4.69) is 22.1 Å². The van der Waals surface area contributed by atoms with Crippen molar-refractivity contribution in [2.75, 3.05) is 38.9 Å². The SMILES string of the molecule is C=CCOCCOc1cc(-c2cn[nH]c2)ccc1NC(=O)[C@@H]1COc2ccc(OC)cc2C1. The largest absolute Gasteiger partial charge is 0.497 e. The molecule has 3 aromatic rings. The van der Waals surface area contributed by atoms with Crippen LogP contribution in [0, 0.1) is 5.92 Å². The second kappa shape index (κ2) is 10.7. The highest BCUT2D eigenvalue weighted by molar-refractivity contribution is 5.95. The highest BCUT2D eigenvalue weighted by Crippen LogP contribution is 2.33. The summed E-state index contributed by atoms with van der Waals surface area (Å²) in [4.78, 5) is 13.1. The second-order valence-electron chi connectivity index (χ2n) is 7.58. The fourth-order valence-electron chi connectivity index (χ4n) is 3.61. The Labute approximate surface area is 192 Å². The van der Waals surface area contributed by atoms with Crippen molar-refractivity contribution in [3.8, 4) is 28.4 Å². The van der Waals surface area contributed by atoms with E-state index >= 15 is 0 Å². The molecule has 1 aliphatic heterocycles. The Morgan fingerprint density at radius 3 is 2.97 bits per heavy atom. The molecule has 0 aliphatic carbocycles. The van der Waals surface area contributed by atoms with Gasteiger partial charge in [0.25, 0.3) is 0 Å². The lowest BCUT2D eigenvalue weighted by molar-refractivity contribution is -0.121. The number of nitrogens with zero attached hydrogens (tertiary/aromatic N) is 1. The molecule has 4 rings (SSSR count). The van der Waals surface area contributed by atoms with E-state index in [-0.39, 0.29) is 11.8 Å². The summed E-state index contributed by atoms with van der Waals surface area (Å²) in [5.41, 5.74) is 3.39. The Morgan fingerprint density at radius 2 is 2.18 bits per heavy atom. The molecule has 0 bridgehead atoms. The minimum atomic E-state index is -0.332. The van der Waals surface area contributed by atoms with Crippen LogP contribution in [0.15, 0.2) is 61.4 Å². The number of aromatic nitrogens is 2. The smallest absolute Gasteiger partial charge is 0.231 e. The number of aromatic amines is 1. The van der Waals surface area contributed by atoms with Gasteiger partial charge in [-0.2, -0.15) is 5.10 Å². The van der Waals surface area contributed by atoms with Gasteiger partial charge in [-0.05, 0) is 47.9 Å². The van der Waals surface area contributed by atoms with Crippen molar-refractivity contribution in [1.82, 2.24) is 10.2 Å². The van der Waals surface area contributed by atoms with Crippen LogP contribution < -0.4 is 19.5 Å². The molecule has 172 valence electrons. The normalized spacial score (nSPS) is 14.6. The Bertz CT molecular complexity index is 1100. The topological polar surface area (TPSA) is 94.7 Å². The first-order valence-corrected chi connectivity index (χ1v) is 10.7. The molecule has 0 radical (unpaired) electrons. The molecule has 0 saturated carbocycles. The van der Waals surface area contributed by atoms with Crippen molar-refractivity contribution in [3.63, 3.8) is 0 Å². The van der Waals surface area contributed by atoms with E-state index < -0.39 is 0 Å². The van der Waals surface area contributed by atoms with Gasteiger partial charge in [-0.15, -0.1) is 6.58 Å². The predicted octanol–water partition coefficient (Wildman–Crippen LogP) is 3.86. The minimum Gasteiger partial charge on any atom is -0.497 e. The van der Waals surface area contributed by atoms with Crippen LogP contribution in [-0.4, -0.2) is 49.6 Å². The highest BCUT2D eigenvalue weighted by Gasteiger charge is 2.27. The number of benzene rings is 2. The van der Waals surface area contributed by atoms with Crippen molar-refractivity contribution in [1.29, 1.82) is 0 Å². The number of ether oxygens (including phenoxy) is 4. The van der Waals surface area contributed by atoms with Crippen molar-refractivity contribution in [2.45, 2.75) is 6.42 Å². The molecule has 1 aliphatic rings. The highest BCUT2D eigenvalue weighted by atomic mass is 16.5. The van der Waals surface area contributed by atoms with Gasteiger partial charge in [0.1, 0.15) is 30.5 Å². The number of hydrogen-bond acceptors (Lipinski definition) is 6. The quantitative estimate of drug-likeness (QED) is 0.361. The lowest BCUT2D eigenvalue weighted by Crippen LogP contribution is -2.32. The summed E-state index contributed by atoms with van der Waals surface area (Å²) in [7, 11) is 1.62. The van der Waals surface area contributed by atoms with Gasteiger partial charge in [-0.3, -0.25) is 9.89 Å². The molecule has 2 heterocycles. The molecule has 33 heavy (non-hydrogen) atoms. The zero-order valence-corrected chi connectivity index (χ0v) is 18.5. The average molecular weight is 450 g/mol. The molecule has 2 aromatic carbocycles. The number of rotatable bonds is 10. The summed E-state index contributed by atoms with van der Waals surface area (Å²) in [5, 5.41) is 9.82. The minimum absolute atomic E-state index is 0.132. The number of methoxy groups -OCH3 is 1. The fraction of sp³-hybridized carbons (Fsp3) is 0.280. The standard InChI is InChI=1S/C25H27N3O5/c1-3-8-31-9-10-32-24-13-17(20-14-26-27-15-20)4-6-22(24)28-25(29)19-11-18-12-21(30-2)5-7-23(18)33-16-19/h3-7,12-15,19H,1,8-11,16H2,2H3,(H,26,27)(H,28,29)/t19-/m0/s1. The Kier molecular flexibility index (Phi) is 7.26. The van der Waals surface area contributed by atoms with E-state index in [0.717, 1.165) is 28.2 Å². The lowest BCUT2D eigenvalue weighted by atomic mass is 9.95. The molecule has 8 heteroatoms. The molecule has 1 aromatic heterocycles. The summed E-state index contributed by atoms with van der Waals surface area (Å²) in [6.45, 7) is 5.14. The number of amides is 1. The first-order chi connectivity index (χ1) is 16.2. The van der Waals surface area contributed by atoms with Crippen molar-refractivity contribution < 1.29 is 23.7 Å². The molecule has 8 nitrogen and oxygen atoms in total. The Balaban J connectivity index is 1.48. The molecule has 2 N–H and O–H groups in total. The second-order valence-corrected chi connectivity index (χ2v) is 7.58. The third-order valence-electron chi connectivity index (χ3n) is 5.34. The van der Waals surface area contributed by atoms with E-state index in [1.807, 2.05) is 36.4 Å². The van der Waals surface area contributed by atoms with Crippen LogP contribution in [-0.2, 0) is 16.0 Å². The number of anilines is 1. The summed E-state index contributed by atoms with van der Waals surface area (Å²) in [6.07, 6.45) is 5.79. The summed E-state index contributed by atoms with van der Waals surface area (Å²) < 4.78 is 22.5. The Morgan fingerprint density at radius 1 is 1.27 bits per heavy atom. The third kappa shape index (κ3) is 5.53. The van der Waals surface area contributed by atoms with E-state index in [1.54, 1.807) is 25.6 Å². The van der Waals surface area contributed by atoms with Crippen LogP contribution in [0.2, 0.25) is 0 Å². The number of fused-ring (bicyclic) bond motifs is 1. The van der Waals surface area contributed by atoms with E-state index in [4.69, 9.17) is 18.9 Å². The predicted molar refractivity (Wildman–Crippen MR) is 125 cm³/mol. The van der Waals surface area contributed by atoms with Crippen LogP contribution in [0.3, 0.4) is 0 Å². The fourth-order valence-corrected chi connectivity index (χ4v) is 3.61. The van der Waals surface area contributed by atoms with Gasteiger partial charge in [0.15, 0.2) is 0 Å². The van der Waals surface area contributed by atoms with E-state index in [1.165, 1.54) is 0 Å². The van der Waals surface area contributed by atoms with E-state index in [9.17, 15) is 4.79 Å². The van der Waals surface area contributed by atoms with Gasteiger partial charge >= 0.3 is 0 Å². The van der Waals surface area contributed by atoms with Crippen molar-refractivity contribution in [2.24, 2.45) is 5.92 Å². The summed E-state index contributed by atoms with van der Waals surface area (Å²) in [6, 6.07) is 11.3. The molecular weight excluding hydrogens is 422 g/mol. The van der Waals surface area contributed by atoms with Crippen LogP contribution in [0.5, 0.6) is 17.2 Å². The van der Waals surface area contributed by atoms with Gasteiger partial charge < -0.3 is 24.3 Å². The van der Waals surface area contributed by atoms with Crippen LogP contribution in [0.1, 0.15) is 5.56 Å². The number of H-pyrrole nitrogens is 1. The first kappa shape index (κ1) is 22.4. The maximum Gasteiger partial charge on any atom is 0.231 e. The number of carbonyl (C=O) groups excluding carboxylic acids is 1. The van der Waals surface area contributed by atoms with Gasteiger partial charge in [0.2, 0.25) is 5.91 Å². The van der Waals surface area contributed by atoms with Gasteiger partial charge in [-0.25, -0.2) is 0 Å². The van der Waals surface area contributed by atoms with Gasteiger partial charge in [-0.1, -0.05) is 12.1 Å².